The third-order valence-electron chi connectivity index (χ3n) is 2.85. The molecule has 22 heavy (non-hydrogen) atoms. The fourth-order valence-electron chi connectivity index (χ4n) is 1.77. The maximum Gasteiger partial charge on any atom is 0.187 e. The molecule has 0 heterocycles. The van der Waals surface area contributed by atoms with Crippen LogP contribution >= 0.6 is 12.2 Å². The van der Waals surface area contributed by atoms with Crippen LogP contribution in [0.4, 0.5) is 0 Å². The van der Waals surface area contributed by atoms with Crippen LogP contribution in [-0.2, 0) is 6.54 Å². The number of carboxylic acids is 1. The minimum atomic E-state index is -1.24. The lowest BCUT2D eigenvalue weighted by atomic mass is 10.1. The van der Waals surface area contributed by atoms with Gasteiger partial charge in [0.25, 0.3) is 0 Å². The summed E-state index contributed by atoms with van der Waals surface area (Å²) in [5.41, 5.74) is 4.26. The van der Waals surface area contributed by atoms with Gasteiger partial charge in [-0.25, -0.2) is 0 Å². The third-order valence-corrected chi connectivity index (χ3v) is 3.08. The number of hydrogen-bond donors (Lipinski definition) is 2. The minimum absolute atomic E-state index is 0.0798. The van der Waals surface area contributed by atoms with Crippen LogP contribution in [0.1, 0.15) is 21.5 Å². The third kappa shape index (κ3) is 4.68. The fourth-order valence-corrected chi connectivity index (χ4v) is 1.90. The summed E-state index contributed by atoms with van der Waals surface area (Å²) in [6.07, 6.45) is 1.39. The second-order valence-electron chi connectivity index (χ2n) is 4.41. The molecule has 0 fully saturated rings. The minimum Gasteiger partial charge on any atom is -0.545 e. The van der Waals surface area contributed by atoms with E-state index in [2.05, 4.69) is 15.8 Å². The molecule has 0 spiro atoms. The maximum absolute atomic E-state index is 10.9. The second kappa shape index (κ2) is 7.90. The highest BCUT2D eigenvalue weighted by Gasteiger charge is 1.99. The van der Waals surface area contributed by atoms with Crippen molar-refractivity contribution >= 4 is 29.5 Å². The van der Waals surface area contributed by atoms with Crippen LogP contribution < -0.4 is 15.8 Å². The molecule has 2 rings (SSSR count). The van der Waals surface area contributed by atoms with Crippen LogP contribution in [0, 0.1) is 0 Å². The molecule has 0 amide bonds. The van der Waals surface area contributed by atoms with Gasteiger partial charge in [0.05, 0.1) is 12.2 Å². The molecule has 0 bridgehead atoms. The fraction of sp³-hybridized carbons (Fsp3) is 0.0625. The number of nitrogens with one attached hydrogen (secondary N) is 2. The van der Waals surface area contributed by atoms with E-state index in [1.165, 1.54) is 12.3 Å². The van der Waals surface area contributed by atoms with E-state index >= 15 is 0 Å². The van der Waals surface area contributed by atoms with Crippen molar-refractivity contribution in [3.05, 3.63) is 71.3 Å². The first-order valence-electron chi connectivity index (χ1n) is 6.58. The quantitative estimate of drug-likeness (QED) is 0.490. The maximum atomic E-state index is 10.9. The molecule has 0 saturated heterocycles. The molecule has 2 aromatic rings. The SMILES string of the molecule is O=C([O-])c1ccccc1/C=N\NC(=S)NCc1ccccc1. The van der Waals surface area contributed by atoms with Crippen molar-refractivity contribution in [3.63, 3.8) is 0 Å². The predicted molar refractivity (Wildman–Crippen MR) is 87.4 cm³/mol. The summed E-state index contributed by atoms with van der Waals surface area (Å²) < 4.78 is 0. The number of nitrogens with zero attached hydrogens (tertiary/aromatic N) is 1. The summed E-state index contributed by atoms with van der Waals surface area (Å²) >= 11 is 5.09. The summed E-state index contributed by atoms with van der Waals surface area (Å²) in [5.74, 6) is -1.24. The molecular formula is C16H14N3O2S-. The molecule has 0 aliphatic carbocycles. The largest absolute Gasteiger partial charge is 0.545 e. The van der Waals surface area contributed by atoms with Crippen molar-refractivity contribution in [1.29, 1.82) is 0 Å². The number of carboxylic acid groups (broad SMARTS) is 1. The molecule has 0 saturated carbocycles. The molecular weight excluding hydrogens is 298 g/mol. The van der Waals surface area contributed by atoms with Gasteiger partial charge in [0, 0.05) is 17.7 Å². The molecule has 5 nitrogen and oxygen atoms in total. The first kappa shape index (κ1) is 15.7. The standard InChI is InChI=1S/C16H15N3O2S/c20-15(21)14-9-5-4-8-13(14)11-18-19-16(22)17-10-12-6-2-1-3-7-12/h1-9,11H,10H2,(H,20,21)(H2,17,19,22)/p-1/b18-11-. The van der Waals surface area contributed by atoms with Gasteiger partial charge in [-0.05, 0) is 17.8 Å². The molecule has 2 N–H and O–H groups in total. The Hall–Kier alpha value is -2.73. The monoisotopic (exact) mass is 312 g/mol. The Kier molecular flexibility index (Phi) is 5.62. The Morgan fingerprint density at radius 1 is 1.14 bits per heavy atom. The van der Waals surface area contributed by atoms with Crippen molar-refractivity contribution < 1.29 is 9.90 Å². The molecule has 0 aliphatic heterocycles. The summed E-state index contributed by atoms with van der Waals surface area (Å²) in [5, 5.41) is 18.2. The molecule has 6 heteroatoms. The smallest absolute Gasteiger partial charge is 0.187 e. The molecule has 0 atom stereocenters. The van der Waals surface area contributed by atoms with Crippen LogP contribution in [0.3, 0.4) is 0 Å². The average molecular weight is 312 g/mol. The number of thiocarbonyl (C=S) groups is 1. The molecule has 0 radical (unpaired) electrons. The Bertz CT molecular complexity index is 687. The summed E-state index contributed by atoms with van der Waals surface area (Å²) in [6.45, 7) is 0.581. The normalized spacial score (nSPS) is 10.4. The Morgan fingerprint density at radius 3 is 2.55 bits per heavy atom. The molecule has 112 valence electrons. The Labute approximate surface area is 133 Å². The van der Waals surface area contributed by atoms with Crippen molar-refractivity contribution in [3.8, 4) is 0 Å². The molecule has 0 aliphatic rings. The van der Waals surface area contributed by atoms with Crippen LogP contribution in [0.5, 0.6) is 0 Å². The van der Waals surface area contributed by atoms with Crippen LogP contribution in [0.25, 0.3) is 0 Å². The number of aromatic carboxylic acids is 1. The van der Waals surface area contributed by atoms with Crippen LogP contribution in [0.15, 0.2) is 59.7 Å². The van der Waals surface area contributed by atoms with E-state index in [0.29, 0.717) is 17.2 Å². The van der Waals surface area contributed by atoms with E-state index in [0.717, 1.165) is 5.56 Å². The van der Waals surface area contributed by atoms with Gasteiger partial charge in [0.1, 0.15) is 0 Å². The van der Waals surface area contributed by atoms with E-state index in [4.69, 9.17) is 12.2 Å². The summed E-state index contributed by atoms with van der Waals surface area (Å²) in [7, 11) is 0. The first-order valence-corrected chi connectivity index (χ1v) is 6.99. The van der Waals surface area contributed by atoms with E-state index in [9.17, 15) is 9.90 Å². The topological polar surface area (TPSA) is 76.5 Å². The Morgan fingerprint density at radius 2 is 1.82 bits per heavy atom. The average Bonchev–Trinajstić information content (AvgIpc) is 2.54. The van der Waals surface area contributed by atoms with Gasteiger partial charge in [-0.1, -0.05) is 54.6 Å². The van der Waals surface area contributed by atoms with Gasteiger partial charge >= 0.3 is 0 Å². The molecule has 0 unspecified atom stereocenters. The number of carbonyl (C=O) groups is 1. The molecule has 0 aromatic heterocycles. The zero-order chi connectivity index (χ0) is 15.8. The highest BCUT2D eigenvalue weighted by atomic mass is 32.1. The van der Waals surface area contributed by atoms with Gasteiger partial charge in [0.2, 0.25) is 0 Å². The summed E-state index contributed by atoms with van der Waals surface area (Å²) in [6, 6.07) is 16.2. The van der Waals surface area contributed by atoms with Gasteiger partial charge in [-0.15, -0.1) is 0 Å². The zero-order valence-corrected chi connectivity index (χ0v) is 12.5. The van der Waals surface area contributed by atoms with Crippen molar-refractivity contribution in [2.75, 3.05) is 0 Å². The van der Waals surface area contributed by atoms with Gasteiger partial charge in [-0.2, -0.15) is 5.10 Å². The number of hydrogen-bond acceptors (Lipinski definition) is 4. The lowest BCUT2D eigenvalue weighted by Gasteiger charge is -2.08. The lowest BCUT2D eigenvalue weighted by molar-refractivity contribution is -0.255. The first-order chi connectivity index (χ1) is 10.7. The van der Waals surface area contributed by atoms with Gasteiger partial charge in [-0.3, -0.25) is 5.43 Å². The second-order valence-corrected chi connectivity index (χ2v) is 4.82. The highest BCUT2D eigenvalue weighted by Crippen LogP contribution is 2.04. The van der Waals surface area contributed by atoms with E-state index in [1.807, 2.05) is 30.3 Å². The van der Waals surface area contributed by atoms with Crippen LogP contribution in [-0.4, -0.2) is 17.3 Å². The lowest BCUT2D eigenvalue weighted by Crippen LogP contribution is -2.31. The van der Waals surface area contributed by atoms with Gasteiger partial charge < -0.3 is 15.2 Å². The zero-order valence-electron chi connectivity index (χ0n) is 11.7. The van der Waals surface area contributed by atoms with E-state index < -0.39 is 5.97 Å². The van der Waals surface area contributed by atoms with Gasteiger partial charge in [0.15, 0.2) is 5.11 Å². The van der Waals surface area contributed by atoms with E-state index in [1.54, 1.807) is 18.2 Å². The summed E-state index contributed by atoms with van der Waals surface area (Å²) in [4.78, 5) is 10.9. The Balaban J connectivity index is 1.87. The van der Waals surface area contributed by atoms with Crippen molar-refractivity contribution in [2.24, 2.45) is 5.10 Å². The number of carbonyl (C=O) groups excluding carboxylic acids is 1. The number of rotatable bonds is 5. The number of benzene rings is 2. The number of hydrazone groups is 1. The van der Waals surface area contributed by atoms with Crippen molar-refractivity contribution in [1.82, 2.24) is 10.7 Å². The van der Waals surface area contributed by atoms with Crippen LogP contribution in [0.2, 0.25) is 0 Å². The highest BCUT2D eigenvalue weighted by molar-refractivity contribution is 7.80. The predicted octanol–water partition coefficient (Wildman–Crippen LogP) is 1.05. The molecule has 2 aromatic carbocycles. The van der Waals surface area contributed by atoms with Crippen molar-refractivity contribution in [2.45, 2.75) is 6.54 Å². The van der Waals surface area contributed by atoms with E-state index in [-0.39, 0.29) is 5.56 Å².